The van der Waals surface area contributed by atoms with Gasteiger partial charge in [-0.15, -0.1) is 12.4 Å². The summed E-state index contributed by atoms with van der Waals surface area (Å²) in [7, 11) is 0. The van der Waals surface area contributed by atoms with Crippen LogP contribution in [0.5, 0.6) is 5.75 Å². The lowest BCUT2D eigenvalue weighted by molar-refractivity contribution is 0.0696. The highest BCUT2D eigenvalue weighted by Crippen LogP contribution is 2.31. The molecule has 2 aromatic rings. The molecular formula is C19H23ClO3. The summed E-state index contributed by atoms with van der Waals surface area (Å²) in [6, 6.07) is 14.9. The Balaban J connectivity index is 0.00000264. The minimum atomic E-state index is -0.935. The van der Waals surface area contributed by atoms with Gasteiger partial charge in [0.15, 0.2) is 0 Å². The second-order valence-corrected chi connectivity index (χ2v) is 5.29. The summed E-state index contributed by atoms with van der Waals surface area (Å²) in [4.78, 5) is 11.2. The van der Waals surface area contributed by atoms with Crippen molar-refractivity contribution in [3.05, 3.63) is 54.1 Å². The Morgan fingerprint density at radius 1 is 1.04 bits per heavy atom. The van der Waals surface area contributed by atoms with E-state index in [9.17, 15) is 4.79 Å². The third-order valence-corrected chi connectivity index (χ3v) is 3.57. The second-order valence-electron chi connectivity index (χ2n) is 5.29. The molecule has 2 rings (SSSR count). The number of halogens is 1. The molecular weight excluding hydrogens is 312 g/mol. The molecule has 0 saturated carbocycles. The highest BCUT2D eigenvalue weighted by molar-refractivity contribution is 5.89. The summed E-state index contributed by atoms with van der Waals surface area (Å²) in [5.41, 5.74) is 2.22. The average Bonchev–Trinajstić information content (AvgIpc) is 2.55. The zero-order valence-corrected chi connectivity index (χ0v) is 14.1. The van der Waals surface area contributed by atoms with Crippen molar-refractivity contribution in [3.63, 3.8) is 0 Å². The van der Waals surface area contributed by atoms with Crippen LogP contribution in [0.25, 0.3) is 11.1 Å². The molecule has 1 N–H and O–H groups in total. The maximum absolute atomic E-state index is 11.2. The Hall–Kier alpha value is -2.00. The highest BCUT2D eigenvalue weighted by Gasteiger charge is 2.11. The van der Waals surface area contributed by atoms with E-state index in [1.807, 2.05) is 36.4 Å². The normalized spacial score (nSPS) is 9.96. The van der Waals surface area contributed by atoms with Crippen LogP contribution in [0.4, 0.5) is 0 Å². The number of unbranched alkanes of at least 4 members (excludes halogenated alkanes) is 3. The standard InChI is InChI=1S/C19H22O3.ClH/c1-2-3-4-8-13-22-18-14-16(19(20)21)11-12-17(18)15-9-6-5-7-10-15;/h5-7,9-12,14H,2-4,8,13H2,1H3,(H,20,21);1H. The molecule has 4 heteroatoms. The van der Waals surface area contributed by atoms with Crippen LogP contribution in [0, 0.1) is 0 Å². The number of carboxylic acids is 1. The van der Waals surface area contributed by atoms with Gasteiger partial charge in [0.2, 0.25) is 0 Å². The first-order valence-corrected chi connectivity index (χ1v) is 7.78. The lowest BCUT2D eigenvalue weighted by Gasteiger charge is -2.12. The Morgan fingerprint density at radius 3 is 2.43 bits per heavy atom. The lowest BCUT2D eigenvalue weighted by atomic mass is 10.0. The molecule has 3 nitrogen and oxygen atoms in total. The van der Waals surface area contributed by atoms with Crippen molar-refractivity contribution in [1.82, 2.24) is 0 Å². The van der Waals surface area contributed by atoms with Crippen LogP contribution in [0.3, 0.4) is 0 Å². The molecule has 0 atom stereocenters. The SMILES string of the molecule is CCCCCCOc1cc(C(=O)O)ccc1-c1ccccc1.Cl. The number of rotatable bonds is 8. The number of aromatic carboxylic acids is 1. The fourth-order valence-electron chi connectivity index (χ4n) is 2.34. The van der Waals surface area contributed by atoms with Crippen molar-refractivity contribution < 1.29 is 14.6 Å². The van der Waals surface area contributed by atoms with Gasteiger partial charge in [0.1, 0.15) is 5.75 Å². The van der Waals surface area contributed by atoms with Gasteiger partial charge in [-0.1, -0.05) is 56.5 Å². The summed E-state index contributed by atoms with van der Waals surface area (Å²) in [6.07, 6.45) is 4.50. The molecule has 0 aliphatic heterocycles. The summed E-state index contributed by atoms with van der Waals surface area (Å²) in [5.74, 6) is -0.293. The molecule has 0 heterocycles. The van der Waals surface area contributed by atoms with Crippen LogP contribution < -0.4 is 4.74 Å². The van der Waals surface area contributed by atoms with Crippen molar-refractivity contribution in [1.29, 1.82) is 0 Å². The Morgan fingerprint density at radius 2 is 1.78 bits per heavy atom. The first kappa shape index (κ1) is 19.0. The smallest absolute Gasteiger partial charge is 0.335 e. The molecule has 0 amide bonds. The molecule has 0 radical (unpaired) electrons. The number of benzene rings is 2. The molecule has 0 saturated heterocycles. The zero-order chi connectivity index (χ0) is 15.8. The number of hydrogen-bond acceptors (Lipinski definition) is 2. The lowest BCUT2D eigenvalue weighted by Crippen LogP contribution is -2.02. The van der Waals surface area contributed by atoms with Gasteiger partial charge in [0.25, 0.3) is 0 Å². The topological polar surface area (TPSA) is 46.5 Å². The highest BCUT2D eigenvalue weighted by atomic mass is 35.5. The van der Waals surface area contributed by atoms with E-state index in [2.05, 4.69) is 6.92 Å². The van der Waals surface area contributed by atoms with Crippen LogP contribution >= 0.6 is 12.4 Å². The molecule has 2 aromatic carbocycles. The van der Waals surface area contributed by atoms with Gasteiger partial charge >= 0.3 is 5.97 Å². The molecule has 0 aliphatic rings. The molecule has 0 unspecified atom stereocenters. The van der Waals surface area contributed by atoms with Gasteiger partial charge in [-0.25, -0.2) is 4.79 Å². The van der Waals surface area contributed by atoms with Crippen LogP contribution in [0.2, 0.25) is 0 Å². The van der Waals surface area contributed by atoms with Crippen molar-refractivity contribution in [3.8, 4) is 16.9 Å². The fourth-order valence-corrected chi connectivity index (χ4v) is 2.34. The first-order valence-electron chi connectivity index (χ1n) is 7.78. The number of carbonyl (C=O) groups is 1. The van der Waals surface area contributed by atoms with Crippen molar-refractivity contribution >= 4 is 18.4 Å². The minimum absolute atomic E-state index is 0. The average molecular weight is 335 g/mol. The van der Waals surface area contributed by atoms with Gasteiger partial charge in [-0.05, 0) is 30.2 Å². The van der Waals surface area contributed by atoms with Crippen LogP contribution in [-0.2, 0) is 0 Å². The van der Waals surface area contributed by atoms with E-state index in [1.165, 1.54) is 12.8 Å². The molecule has 124 valence electrons. The molecule has 0 aromatic heterocycles. The summed E-state index contributed by atoms with van der Waals surface area (Å²) in [6.45, 7) is 2.79. The zero-order valence-electron chi connectivity index (χ0n) is 13.3. The van der Waals surface area contributed by atoms with Crippen LogP contribution in [-0.4, -0.2) is 17.7 Å². The largest absolute Gasteiger partial charge is 0.493 e. The van der Waals surface area contributed by atoms with Crippen molar-refractivity contribution in [2.45, 2.75) is 32.6 Å². The van der Waals surface area contributed by atoms with Crippen molar-refractivity contribution in [2.75, 3.05) is 6.61 Å². The molecule has 0 fully saturated rings. The van der Waals surface area contributed by atoms with Crippen LogP contribution in [0.1, 0.15) is 43.0 Å². The fraction of sp³-hybridized carbons (Fsp3) is 0.316. The van der Waals surface area contributed by atoms with Gasteiger partial charge in [-0.2, -0.15) is 0 Å². The maximum atomic E-state index is 11.2. The van der Waals surface area contributed by atoms with Gasteiger partial charge in [0, 0.05) is 5.56 Å². The summed E-state index contributed by atoms with van der Waals surface area (Å²) < 4.78 is 5.87. The molecule has 0 aliphatic carbocycles. The molecule has 23 heavy (non-hydrogen) atoms. The third kappa shape index (κ3) is 5.61. The second kappa shape index (κ2) is 9.90. The third-order valence-electron chi connectivity index (χ3n) is 3.57. The van der Waals surface area contributed by atoms with E-state index in [0.29, 0.717) is 12.4 Å². The van der Waals surface area contributed by atoms with E-state index in [4.69, 9.17) is 9.84 Å². The first-order chi connectivity index (χ1) is 10.7. The Bertz CT molecular complexity index is 611. The van der Waals surface area contributed by atoms with Gasteiger partial charge in [-0.3, -0.25) is 0 Å². The van der Waals surface area contributed by atoms with E-state index >= 15 is 0 Å². The quantitative estimate of drug-likeness (QED) is 0.654. The maximum Gasteiger partial charge on any atom is 0.335 e. The van der Waals surface area contributed by atoms with E-state index in [1.54, 1.807) is 12.1 Å². The predicted molar refractivity (Wildman–Crippen MR) is 95.7 cm³/mol. The molecule has 0 spiro atoms. The summed E-state index contributed by atoms with van der Waals surface area (Å²) >= 11 is 0. The monoisotopic (exact) mass is 334 g/mol. The van der Waals surface area contributed by atoms with Crippen LogP contribution in [0.15, 0.2) is 48.5 Å². The van der Waals surface area contributed by atoms with E-state index in [0.717, 1.165) is 24.0 Å². The molecule has 0 bridgehead atoms. The Kier molecular flexibility index (Phi) is 8.20. The Labute approximate surface area is 143 Å². The van der Waals surface area contributed by atoms with Gasteiger partial charge in [0.05, 0.1) is 12.2 Å². The van der Waals surface area contributed by atoms with Gasteiger partial charge < -0.3 is 9.84 Å². The minimum Gasteiger partial charge on any atom is -0.493 e. The van der Waals surface area contributed by atoms with E-state index < -0.39 is 5.97 Å². The summed E-state index contributed by atoms with van der Waals surface area (Å²) in [5, 5.41) is 9.16. The van der Waals surface area contributed by atoms with E-state index in [-0.39, 0.29) is 18.0 Å². The number of ether oxygens (including phenoxy) is 1. The number of carboxylic acid groups (broad SMARTS) is 1. The van der Waals surface area contributed by atoms with Crippen molar-refractivity contribution in [2.24, 2.45) is 0 Å². The number of hydrogen-bond donors (Lipinski definition) is 1. The predicted octanol–water partition coefficient (Wildman–Crippen LogP) is 5.43.